The van der Waals surface area contributed by atoms with E-state index in [1.165, 1.54) is 4.70 Å². The molecule has 0 amide bonds. The maximum absolute atomic E-state index is 6.27. The Morgan fingerprint density at radius 3 is 2.80 bits per heavy atom. The van der Waals surface area contributed by atoms with Crippen molar-refractivity contribution in [3.8, 4) is 0 Å². The van der Waals surface area contributed by atoms with E-state index in [1.807, 2.05) is 36.4 Å². The molecular formula is C15H12BrClN2S. The molecule has 0 aliphatic heterocycles. The molecular weight excluding hydrogens is 356 g/mol. The quantitative estimate of drug-likeness (QED) is 0.711. The molecule has 0 fully saturated rings. The summed E-state index contributed by atoms with van der Waals surface area (Å²) in [4.78, 5) is 4.61. The number of benzene rings is 2. The predicted molar refractivity (Wildman–Crippen MR) is 89.4 cm³/mol. The van der Waals surface area contributed by atoms with Crippen molar-refractivity contribution in [3.63, 3.8) is 0 Å². The first-order chi connectivity index (χ1) is 9.63. The van der Waals surface area contributed by atoms with Crippen molar-refractivity contribution in [2.45, 2.75) is 12.5 Å². The summed E-state index contributed by atoms with van der Waals surface area (Å²) in [5, 5.41) is 1.73. The Labute approximate surface area is 134 Å². The van der Waals surface area contributed by atoms with E-state index in [4.69, 9.17) is 17.3 Å². The largest absolute Gasteiger partial charge is 0.324 e. The molecule has 2 nitrogen and oxygen atoms in total. The zero-order valence-corrected chi connectivity index (χ0v) is 13.7. The Bertz CT molecular complexity index is 723. The van der Waals surface area contributed by atoms with E-state index >= 15 is 0 Å². The maximum Gasteiger partial charge on any atom is 0.0957 e. The molecule has 2 N–H and O–H groups in total. The minimum atomic E-state index is -0.142. The number of thiazole rings is 1. The molecule has 20 heavy (non-hydrogen) atoms. The highest BCUT2D eigenvalue weighted by Gasteiger charge is 2.14. The molecule has 5 heteroatoms. The Hall–Kier alpha value is -0.940. The summed E-state index contributed by atoms with van der Waals surface area (Å²) in [5.74, 6) is 0. The van der Waals surface area contributed by atoms with E-state index in [1.54, 1.807) is 11.3 Å². The number of aromatic nitrogens is 1. The van der Waals surface area contributed by atoms with Gasteiger partial charge in [0, 0.05) is 22.0 Å². The fraction of sp³-hybridized carbons (Fsp3) is 0.133. The summed E-state index contributed by atoms with van der Waals surface area (Å²) in [7, 11) is 0. The molecule has 1 atom stereocenters. The second-order valence-electron chi connectivity index (χ2n) is 4.55. The second kappa shape index (κ2) is 5.82. The van der Waals surface area contributed by atoms with Gasteiger partial charge in [0.05, 0.1) is 15.2 Å². The summed E-state index contributed by atoms with van der Waals surface area (Å²) < 4.78 is 2.15. The Balaban J connectivity index is 1.86. The number of hydrogen-bond donors (Lipinski definition) is 1. The summed E-state index contributed by atoms with van der Waals surface area (Å²) in [6.07, 6.45) is 0.695. The van der Waals surface area contributed by atoms with Crippen molar-refractivity contribution in [2.75, 3.05) is 0 Å². The van der Waals surface area contributed by atoms with Crippen molar-refractivity contribution >= 4 is 49.1 Å². The summed E-state index contributed by atoms with van der Waals surface area (Å²) in [6.45, 7) is 0. The first-order valence-electron chi connectivity index (χ1n) is 6.18. The molecule has 1 aromatic heterocycles. The van der Waals surface area contributed by atoms with Crippen LogP contribution in [0.2, 0.25) is 5.02 Å². The Kier molecular flexibility index (Phi) is 4.08. The van der Waals surface area contributed by atoms with Gasteiger partial charge in [-0.3, -0.25) is 0 Å². The van der Waals surface area contributed by atoms with Gasteiger partial charge in [0.2, 0.25) is 0 Å². The van der Waals surface area contributed by atoms with Gasteiger partial charge in [-0.25, -0.2) is 4.98 Å². The van der Waals surface area contributed by atoms with Crippen LogP contribution in [-0.2, 0) is 6.42 Å². The summed E-state index contributed by atoms with van der Waals surface area (Å²) in [6, 6.07) is 13.8. The van der Waals surface area contributed by atoms with Gasteiger partial charge >= 0.3 is 0 Å². The van der Waals surface area contributed by atoms with E-state index in [0.717, 1.165) is 20.6 Å². The van der Waals surface area contributed by atoms with Crippen LogP contribution >= 0.6 is 38.9 Å². The van der Waals surface area contributed by atoms with Crippen LogP contribution in [0.1, 0.15) is 16.6 Å². The number of nitrogens with two attached hydrogens (primary N) is 1. The third-order valence-electron chi connectivity index (χ3n) is 3.09. The first kappa shape index (κ1) is 14.0. The molecule has 3 rings (SSSR count). The number of hydrogen-bond acceptors (Lipinski definition) is 3. The predicted octanol–water partition coefficient (Wildman–Crippen LogP) is 4.95. The van der Waals surface area contributed by atoms with Gasteiger partial charge in [-0.15, -0.1) is 11.3 Å². The molecule has 1 heterocycles. The average molecular weight is 368 g/mol. The second-order valence-corrected chi connectivity index (χ2v) is 6.99. The first-order valence-corrected chi connectivity index (χ1v) is 8.17. The molecule has 0 radical (unpaired) electrons. The monoisotopic (exact) mass is 366 g/mol. The molecule has 2 aromatic carbocycles. The lowest BCUT2D eigenvalue weighted by molar-refractivity contribution is 0.719. The van der Waals surface area contributed by atoms with Crippen LogP contribution in [0.15, 0.2) is 46.9 Å². The van der Waals surface area contributed by atoms with Gasteiger partial charge in [-0.1, -0.05) is 45.7 Å². The minimum Gasteiger partial charge on any atom is -0.324 e. The van der Waals surface area contributed by atoms with Gasteiger partial charge < -0.3 is 5.73 Å². The molecule has 0 aliphatic carbocycles. The number of fused-ring (bicyclic) bond motifs is 1. The Morgan fingerprint density at radius 2 is 2.05 bits per heavy atom. The molecule has 0 bridgehead atoms. The van der Waals surface area contributed by atoms with Crippen LogP contribution in [0.5, 0.6) is 0 Å². The van der Waals surface area contributed by atoms with E-state index in [0.29, 0.717) is 11.4 Å². The van der Waals surface area contributed by atoms with Crippen molar-refractivity contribution in [1.82, 2.24) is 4.98 Å². The number of para-hydroxylation sites is 1. The minimum absolute atomic E-state index is 0.142. The van der Waals surface area contributed by atoms with E-state index in [2.05, 4.69) is 27.0 Å². The van der Waals surface area contributed by atoms with Crippen molar-refractivity contribution in [1.29, 1.82) is 0 Å². The number of nitrogens with zero attached hydrogens (tertiary/aromatic N) is 1. The fourth-order valence-corrected chi connectivity index (χ4v) is 3.95. The molecule has 0 saturated heterocycles. The molecule has 3 aromatic rings. The van der Waals surface area contributed by atoms with Crippen molar-refractivity contribution in [3.05, 3.63) is 62.5 Å². The lowest BCUT2D eigenvalue weighted by Gasteiger charge is -2.12. The summed E-state index contributed by atoms with van der Waals surface area (Å²) >= 11 is 11.3. The lowest BCUT2D eigenvalue weighted by Crippen LogP contribution is -2.13. The van der Waals surface area contributed by atoms with Gasteiger partial charge in [0.25, 0.3) is 0 Å². The fourth-order valence-electron chi connectivity index (χ4n) is 2.11. The van der Waals surface area contributed by atoms with Crippen LogP contribution in [0, 0.1) is 0 Å². The Morgan fingerprint density at radius 1 is 1.25 bits per heavy atom. The molecule has 102 valence electrons. The standard InChI is InChI=1S/C15H12BrClN2S/c16-9-5-6-10(11(17)7-9)12(18)8-15-19-13-3-1-2-4-14(13)20-15/h1-7,12H,8,18H2. The van der Waals surface area contributed by atoms with Gasteiger partial charge in [-0.2, -0.15) is 0 Å². The third-order valence-corrected chi connectivity index (χ3v) is 4.97. The van der Waals surface area contributed by atoms with E-state index in [9.17, 15) is 0 Å². The number of rotatable bonds is 3. The highest BCUT2D eigenvalue weighted by Crippen LogP contribution is 2.29. The smallest absolute Gasteiger partial charge is 0.0957 e. The molecule has 1 unspecified atom stereocenters. The molecule has 0 aliphatic rings. The maximum atomic E-state index is 6.27. The van der Waals surface area contributed by atoms with Crippen LogP contribution in [-0.4, -0.2) is 4.98 Å². The zero-order valence-electron chi connectivity index (χ0n) is 10.5. The van der Waals surface area contributed by atoms with Crippen LogP contribution in [0.3, 0.4) is 0 Å². The van der Waals surface area contributed by atoms with Gasteiger partial charge in [0.1, 0.15) is 0 Å². The van der Waals surface area contributed by atoms with Crippen LogP contribution < -0.4 is 5.73 Å². The van der Waals surface area contributed by atoms with Gasteiger partial charge in [-0.05, 0) is 29.8 Å². The third kappa shape index (κ3) is 2.88. The van der Waals surface area contributed by atoms with Crippen LogP contribution in [0.25, 0.3) is 10.2 Å². The van der Waals surface area contributed by atoms with E-state index in [-0.39, 0.29) is 6.04 Å². The average Bonchev–Trinajstić information content (AvgIpc) is 2.80. The molecule has 0 spiro atoms. The SMILES string of the molecule is NC(Cc1nc2ccccc2s1)c1ccc(Br)cc1Cl. The lowest BCUT2D eigenvalue weighted by atomic mass is 10.1. The van der Waals surface area contributed by atoms with Crippen LogP contribution in [0.4, 0.5) is 0 Å². The van der Waals surface area contributed by atoms with Crippen molar-refractivity contribution in [2.24, 2.45) is 5.73 Å². The van der Waals surface area contributed by atoms with E-state index < -0.39 is 0 Å². The summed E-state index contributed by atoms with van der Waals surface area (Å²) in [5.41, 5.74) is 8.25. The highest BCUT2D eigenvalue weighted by atomic mass is 79.9. The van der Waals surface area contributed by atoms with Crippen molar-refractivity contribution < 1.29 is 0 Å². The number of halogens is 2. The van der Waals surface area contributed by atoms with Gasteiger partial charge in [0.15, 0.2) is 0 Å². The molecule has 0 saturated carbocycles. The highest BCUT2D eigenvalue weighted by molar-refractivity contribution is 9.10. The normalized spacial score (nSPS) is 12.8. The topological polar surface area (TPSA) is 38.9 Å². The zero-order chi connectivity index (χ0) is 14.1.